The molecule has 0 bridgehead atoms. The van der Waals surface area contributed by atoms with E-state index in [4.69, 9.17) is 4.42 Å². The molecule has 1 aliphatic rings. The van der Waals surface area contributed by atoms with E-state index in [9.17, 15) is 4.39 Å². The lowest BCUT2D eigenvalue weighted by molar-refractivity contribution is 0.267. The van der Waals surface area contributed by atoms with E-state index >= 15 is 0 Å². The molecule has 0 amide bonds. The van der Waals surface area contributed by atoms with Crippen LogP contribution in [0.4, 0.5) is 4.39 Å². The van der Waals surface area contributed by atoms with Crippen LogP contribution in [-0.2, 0) is 5.67 Å². The van der Waals surface area contributed by atoms with Gasteiger partial charge in [-0.2, -0.15) is 0 Å². The number of nitrogens with zero attached hydrogens (tertiary/aromatic N) is 1. The monoisotopic (exact) mass is 249 g/mol. The van der Waals surface area contributed by atoms with Gasteiger partial charge in [0, 0.05) is 17.8 Å². The highest BCUT2D eigenvalue weighted by Gasteiger charge is 2.48. The average Bonchev–Trinajstić information content (AvgIpc) is 2.96. The normalized spacial score (nSPS) is 16.6. The summed E-state index contributed by atoms with van der Waals surface area (Å²) < 4.78 is 19.5. The van der Waals surface area contributed by atoms with Crippen molar-refractivity contribution >= 4 is 11.1 Å². The van der Waals surface area contributed by atoms with E-state index in [0.29, 0.717) is 24.5 Å². The van der Waals surface area contributed by atoms with Gasteiger partial charge in [0.25, 0.3) is 0 Å². The Balaban J connectivity index is 0.000000574. The first-order valence-corrected chi connectivity index (χ1v) is 6.68. The van der Waals surface area contributed by atoms with Crippen molar-refractivity contribution in [2.75, 3.05) is 0 Å². The summed E-state index contributed by atoms with van der Waals surface area (Å²) in [6.45, 7) is 8.19. The van der Waals surface area contributed by atoms with Crippen molar-refractivity contribution < 1.29 is 8.81 Å². The molecule has 1 fully saturated rings. The first kappa shape index (κ1) is 13.1. The molecule has 98 valence electrons. The highest BCUT2D eigenvalue weighted by atomic mass is 19.1. The Morgan fingerprint density at radius 2 is 2.00 bits per heavy atom. The largest absolute Gasteiger partial charge is 0.456 e. The van der Waals surface area contributed by atoms with E-state index < -0.39 is 5.67 Å². The van der Waals surface area contributed by atoms with E-state index in [1.807, 2.05) is 19.9 Å². The van der Waals surface area contributed by atoms with Gasteiger partial charge in [0.2, 0.25) is 0 Å². The molecule has 3 rings (SSSR count). The maximum Gasteiger partial charge on any atom is 0.168 e. The van der Waals surface area contributed by atoms with Crippen molar-refractivity contribution in [3.63, 3.8) is 0 Å². The molecule has 0 spiro atoms. The molecular formula is C15H20FNO. The summed E-state index contributed by atoms with van der Waals surface area (Å²) in [5.74, 6) is 0.808. The van der Waals surface area contributed by atoms with Gasteiger partial charge in [-0.05, 0) is 24.8 Å². The average molecular weight is 249 g/mol. The standard InChI is InChI=1S/C13H14FNO.C2H6/c1-8(2)9-3-6-15-10-7-11(16-12(9)10)13(14)4-5-13;1-2/h3,6-8H,4-5H2,1-2H3;1-2H3. The van der Waals surface area contributed by atoms with Crippen LogP contribution in [0.3, 0.4) is 0 Å². The first-order chi connectivity index (χ1) is 8.60. The van der Waals surface area contributed by atoms with E-state index in [1.54, 1.807) is 12.3 Å². The summed E-state index contributed by atoms with van der Waals surface area (Å²) in [6, 6.07) is 3.69. The summed E-state index contributed by atoms with van der Waals surface area (Å²) >= 11 is 0. The number of alkyl halides is 1. The highest BCUT2D eigenvalue weighted by molar-refractivity contribution is 5.77. The lowest BCUT2D eigenvalue weighted by atomic mass is 10.0. The number of rotatable bonds is 2. The molecule has 2 heterocycles. The van der Waals surface area contributed by atoms with Gasteiger partial charge in [0.15, 0.2) is 11.3 Å². The molecule has 0 radical (unpaired) electrons. The number of fused-ring (bicyclic) bond motifs is 1. The lowest BCUT2D eigenvalue weighted by Crippen LogP contribution is -1.93. The second kappa shape index (κ2) is 4.71. The molecule has 0 N–H and O–H groups in total. The Morgan fingerprint density at radius 1 is 1.33 bits per heavy atom. The number of hydrogen-bond acceptors (Lipinski definition) is 2. The van der Waals surface area contributed by atoms with E-state index in [1.165, 1.54) is 0 Å². The fourth-order valence-electron chi connectivity index (χ4n) is 1.99. The Bertz CT molecular complexity index is 540. The second-order valence-corrected chi connectivity index (χ2v) is 4.85. The molecule has 0 aromatic carbocycles. The zero-order chi connectivity index (χ0) is 13.3. The van der Waals surface area contributed by atoms with Gasteiger partial charge in [0.1, 0.15) is 11.3 Å². The molecule has 0 atom stereocenters. The number of furan rings is 1. The van der Waals surface area contributed by atoms with Gasteiger partial charge in [-0.3, -0.25) is 4.98 Å². The minimum Gasteiger partial charge on any atom is -0.456 e. The van der Waals surface area contributed by atoms with Crippen LogP contribution in [0.1, 0.15) is 57.8 Å². The van der Waals surface area contributed by atoms with Gasteiger partial charge in [-0.15, -0.1) is 0 Å². The smallest absolute Gasteiger partial charge is 0.168 e. The molecule has 1 saturated carbocycles. The van der Waals surface area contributed by atoms with Crippen LogP contribution in [0.5, 0.6) is 0 Å². The molecule has 1 aliphatic carbocycles. The maximum atomic E-state index is 13.9. The molecule has 0 aliphatic heterocycles. The Hall–Kier alpha value is -1.38. The van der Waals surface area contributed by atoms with Crippen LogP contribution in [0, 0.1) is 0 Å². The Morgan fingerprint density at radius 3 is 2.56 bits per heavy atom. The molecule has 2 aromatic heterocycles. The van der Waals surface area contributed by atoms with Crippen molar-refractivity contribution in [3.8, 4) is 0 Å². The van der Waals surface area contributed by atoms with E-state index in [-0.39, 0.29) is 0 Å². The fraction of sp³-hybridized carbons (Fsp3) is 0.533. The van der Waals surface area contributed by atoms with Crippen molar-refractivity contribution in [2.45, 2.75) is 52.1 Å². The van der Waals surface area contributed by atoms with Crippen molar-refractivity contribution in [2.24, 2.45) is 0 Å². The van der Waals surface area contributed by atoms with Crippen molar-refractivity contribution in [1.82, 2.24) is 4.98 Å². The predicted octanol–water partition coefficient (Wildman–Crippen LogP) is 4.94. The third-order valence-corrected chi connectivity index (χ3v) is 3.19. The van der Waals surface area contributed by atoms with Gasteiger partial charge in [-0.1, -0.05) is 27.7 Å². The quantitative estimate of drug-likeness (QED) is 0.753. The third-order valence-electron chi connectivity index (χ3n) is 3.19. The summed E-state index contributed by atoms with van der Waals surface area (Å²) in [5.41, 5.74) is 1.40. The van der Waals surface area contributed by atoms with Crippen LogP contribution >= 0.6 is 0 Å². The van der Waals surface area contributed by atoms with Crippen molar-refractivity contribution in [1.29, 1.82) is 0 Å². The molecule has 2 aromatic rings. The van der Waals surface area contributed by atoms with Crippen molar-refractivity contribution in [3.05, 3.63) is 29.7 Å². The second-order valence-electron chi connectivity index (χ2n) is 4.85. The topological polar surface area (TPSA) is 26.0 Å². The number of hydrogen-bond donors (Lipinski definition) is 0. The molecule has 18 heavy (non-hydrogen) atoms. The van der Waals surface area contributed by atoms with Crippen LogP contribution in [0.15, 0.2) is 22.7 Å². The van der Waals surface area contributed by atoms with Crippen LogP contribution in [-0.4, -0.2) is 4.98 Å². The number of aromatic nitrogens is 1. The van der Waals surface area contributed by atoms with Gasteiger partial charge < -0.3 is 4.42 Å². The van der Waals surface area contributed by atoms with E-state index in [0.717, 1.165) is 16.7 Å². The molecule has 3 heteroatoms. The highest BCUT2D eigenvalue weighted by Crippen LogP contribution is 2.51. The van der Waals surface area contributed by atoms with Gasteiger partial charge >= 0.3 is 0 Å². The predicted molar refractivity (Wildman–Crippen MR) is 71.5 cm³/mol. The molecule has 2 nitrogen and oxygen atoms in total. The van der Waals surface area contributed by atoms with Crippen LogP contribution < -0.4 is 0 Å². The van der Waals surface area contributed by atoms with Crippen LogP contribution in [0.25, 0.3) is 11.1 Å². The maximum absolute atomic E-state index is 13.9. The molecular weight excluding hydrogens is 229 g/mol. The van der Waals surface area contributed by atoms with Gasteiger partial charge in [0.05, 0.1) is 0 Å². The molecule has 0 unspecified atom stereocenters. The minimum absolute atomic E-state index is 0.360. The summed E-state index contributed by atoms with van der Waals surface area (Å²) in [7, 11) is 0. The number of pyridine rings is 1. The minimum atomic E-state index is -1.21. The van der Waals surface area contributed by atoms with E-state index in [2.05, 4.69) is 18.8 Å². The van der Waals surface area contributed by atoms with Gasteiger partial charge in [-0.25, -0.2) is 4.39 Å². The fourth-order valence-corrected chi connectivity index (χ4v) is 1.99. The SMILES string of the molecule is CC.CC(C)c1ccnc2cc(C3(F)CC3)oc12. The first-order valence-electron chi connectivity index (χ1n) is 6.68. The summed E-state index contributed by atoms with van der Waals surface area (Å²) in [4.78, 5) is 4.23. The number of halogens is 1. The molecule has 0 saturated heterocycles. The summed E-state index contributed by atoms with van der Waals surface area (Å²) in [5, 5.41) is 0. The summed E-state index contributed by atoms with van der Waals surface area (Å²) in [6.07, 6.45) is 2.91. The van der Waals surface area contributed by atoms with Crippen LogP contribution in [0.2, 0.25) is 0 Å². The zero-order valence-corrected chi connectivity index (χ0v) is 11.5. The Labute approximate surface area is 107 Å². The third kappa shape index (κ3) is 2.14. The lowest BCUT2D eigenvalue weighted by Gasteiger charge is -2.04. The zero-order valence-electron chi connectivity index (χ0n) is 11.5. The Kier molecular flexibility index (Phi) is 3.42.